The highest BCUT2D eigenvalue weighted by Gasteiger charge is 2.21. The molecule has 78 valence electrons. The van der Waals surface area contributed by atoms with E-state index in [9.17, 15) is 0 Å². The van der Waals surface area contributed by atoms with Crippen molar-refractivity contribution in [2.24, 2.45) is 0 Å². The monoisotopic (exact) mass is 192 g/mol. The van der Waals surface area contributed by atoms with E-state index in [4.69, 9.17) is 0 Å². The molecule has 0 unspecified atom stereocenters. The van der Waals surface area contributed by atoms with Crippen molar-refractivity contribution in [3.63, 3.8) is 0 Å². The number of nitrogens with zero attached hydrogens (tertiary/aromatic N) is 2. The molecule has 0 saturated carbocycles. The van der Waals surface area contributed by atoms with Gasteiger partial charge >= 0.3 is 0 Å². The second kappa shape index (κ2) is 5.08. The number of fused-ring (bicyclic) bond motifs is 1. The predicted molar refractivity (Wildman–Crippen MR) is 59.5 cm³/mol. The van der Waals surface area contributed by atoms with Crippen molar-refractivity contribution in [3.05, 3.63) is 23.3 Å². The lowest BCUT2D eigenvalue weighted by atomic mass is 10.0. The SMILES string of the molecule is CCC.Cc1ncnc2c1[C@@H](C)CC2. The van der Waals surface area contributed by atoms with Crippen molar-refractivity contribution in [2.75, 3.05) is 0 Å². The molecule has 1 atom stereocenters. The molecular formula is C12H20N2. The van der Waals surface area contributed by atoms with E-state index < -0.39 is 0 Å². The maximum atomic E-state index is 4.26. The normalized spacial score (nSPS) is 18.4. The van der Waals surface area contributed by atoms with Crippen LogP contribution in [-0.2, 0) is 6.42 Å². The zero-order valence-corrected chi connectivity index (χ0v) is 9.67. The number of aryl methyl sites for hydroxylation is 2. The Labute approximate surface area is 86.8 Å². The van der Waals surface area contributed by atoms with Crippen molar-refractivity contribution >= 4 is 0 Å². The van der Waals surface area contributed by atoms with Crippen LogP contribution in [0.15, 0.2) is 6.33 Å². The fourth-order valence-electron chi connectivity index (χ4n) is 1.87. The Bertz CT molecular complexity index is 294. The van der Waals surface area contributed by atoms with Gasteiger partial charge in [-0.3, -0.25) is 0 Å². The van der Waals surface area contributed by atoms with Crippen LogP contribution in [0.2, 0.25) is 0 Å². The highest BCUT2D eigenvalue weighted by molar-refractivity contribution is 5.31. The minimum atomic E-state index is 0.672. The average Bonchev–Trinajstić information content (AvgIpc) is 2.51. The van der Waals surface area contributed by atoms with Gasteiger partial charge in [-0.1, -0.05) is 27.2 Å². The van der Waals surface area contributed by atoms with Crippen LogP contribution in [0.25, 0.3) is 0 Å². The minimum Gasteiger partial charge on any atom is -0.241 e. The van der Waals surface area contributed by atoms with E-state index in [-0.39, 0.29) is 0 Å². The molecule has 2 rings (SSSR count). The minimum absolute atomic E-state index is 0.672. The van der Waals surface area contributed by atoms with Crippen molar-refractivity contribution in [1.29, 1.82) is 0 Å². The van der Waals surface area contributed by atoms with E-state index >= 15 is 0 Å². The van der Waals surface area contributed by atoms with Gasteiger partial charge in [0.15, 0.2) is 0 Å². The summed E-state index contributed by atoms with van der Waals surface area (Å²) in [4.78, 5) is 8.45. The molecule has 0 saturated heterocycles. The Morgan fingerprint density at radius 1 is 1.36 bits per heavy atom. The van der Waals surface area contributed by atoms with Crippen molar-refractivity contribution in [1.82, 2.24) is 9.97 Å². The standard InChI is InChI=1S/C9H12N2.C3H8/c1-6-3-4-8-9(6)7(2)10-5-11-8;1-3-2/h5-6H,3-4H2,1-2H3;3H2,1-2H3/t6-;/m0./s1. The molecule has 1 aromatic rings. The molecule has 2 heteroatoms. The van der Waals surface area contributed by atoms with Gasteiger partial charge in [0.05, 0.1) is 0 Å². The van der Waals surface area contributed by atoms with Crippen LogP contribution in [0.3, 0.4) is 0 Å². The lowest BCUT2D eigenvalue weighted by Crippen LogP contribution is -1.96. The van der Waals surface area contributed by atoms with Gasteiger partial charge in [0.1, 0.15) is 6.33 Å². The number of hydrogen-bond donors (Lipinski definition) is 0. The summed E-state index contributed by atoms with van der Waals surface area (Å²) >= 11 is 0. The maximum absolute atomic E-state index is 4.26. The third kappa shape index (κ3) is 2.31. The van der Waals surface area contributed by atoms with E-state index in [2.05, 4.69) is 37.7 Å². The Balaban J connectivity index is 0.000000293. The molecule has 0 spiro atoms. The number of rotatable bonds is 0. The fraction of sp³-hybridized carbons (Fsp3) is 0.667. The van der Waals surface area contributed by atoms with Crippen molar-refractivity contribution in [2.45, 2.75) is 52.9 Å². The van der Waals surface area contributed by atoms with Crippen molar-refractivity contribution in [3.8, 4) is 0 Å². The lowest BCUT2D eigenvalue weighted by molar-refractivity contribution is 0.741. The maximum Gasteiger partial charge on any atom is 0.115 e. The first-order valence-corrected chi connectivity index (χ1v) is 5.51. The Kier molecular flexibility index (Phi) is 4.05. The van der Waals surface area contributed by atoms with Gasteiger partial charge < -0.3 is 0 Å². The summed E-state index contributed by atoms with van der Waals surface area (Å²) in [6.07, 6.45) is 5.31. The van der Waals surface area contributed by atoms with Gasteiger partial charge in [-0.25, -0.2) is 9.97 Å². The first-order chi connectivity index (χ1) is 6.70. The van der Waals surface area contributed by atoms with E-state index in [0.717, 1.165) is 6.42 Å². The molecule has 0 aliphatic heterocycles. The molecule has 14 heavy (non-hydrogen) atoms. The molecular weight excluding hydrogens is 172 g/mol. The fourth-order valence-corrected chi connectivity index (χ4v) is 1.87. The second-order valence-electron chi connectivity index (χ2n) is 3.97. The molecule has 1 aliphatic rings. The van der Waals surface area contributed by atoms with Gasteiger partial charge in [0.25, 0.3) is 0 Å². The van der Waals surface area contributed by atoms with E-state index in [0.29, 0.717) is 5.92 Å². The zero-order valence-electron chi connectivity index (χ0n) is 9.67. The van der Waals surface area contributed by atoms with Crippen LogP contribution in [0.5, 0.6) is 0 Å². The quantitative estimate of drug-likeness (QED) is 0.630. The smallest absolute Gasteiger partial charge is 0.115 e. The van der Waals surface area contributed by atoms with Crippen LogP contribution in [-0.4, -0.2) is 9.97 Å². The first kappa shape index (κ1) is 11.2. The van der Waals surface area contributed by atoms with Crippen LogP contribution >= 0.6 is 0 Å². The lowest BCUT2D eigenvalue weighted by Gasteiger charge is -2.05. The summed E-state index contributed by atoms with van der Waals surface area (Å²) in [5.41, 5.74) is 3.83. The van der Waals surface area contributed by atoms with E-state index in [1.807, 2.05) is 0 Å². The summed E-state index contributed by atoms with van der Waals surface area (Å²) < 4.78 is 0. The summed E-state index contributed by atoms with van der Waals surface area (Å²) in [6.45, 7) is 8.57. The largest absolute Gasteiger partial charge is 0.241 e. The highest BCUT2D eigenvalue weighted by Crippen LogP contribution is 2.32. The third-order valence-electron chi connectivity index (χ3n) is 2.47. The molecule has 1 aliphatic carbocycles. The molecule has 0 fully saturated rings. The van der Waals surface area contributed by atoms with Crippen LogP contribution in [0.4, 0.5) is 0 Å². The molecule has 0 aromatic carbocycles. The summed E-state index contributed by atoms with van der Waals surface area (Å²) in [5.74, 6) is 0.672. The zero-order chi connectivity index (χ0) is 10.6. The second-order valence-corrected chi connectivity index (χ2v) is 3.97. The van der Waals surface area contributed by atoms with Gasteiger partial charge in [0, 0.05) is 11.4 Å². The van der Waals surface area contributed by atoms with Gasteiger partial charge in [-0.2, -0.15) is 0 Å². The molecule has 2 nitrogen and oxygen atoms in total. The summed E-state index contributed by atoms with van der Waals surface area (Å²) in [5, 5.41) is 0. The first-order valence-electron chi connectivity index (χ1n) is 5.51. The predicted octanol–water partition coefficient (Wildman–Crippen LogP) is 3.25. The topological polar surface area (TPSA) is 25.8 Å². The van der Waals surface area contributed by atoms with E-state index in [1.54, 1.807) is 6.33 Å². The molecule has 0 radical (unpaired) electrons. The Morgan fingerprint density at radius 3 is 2.57 bits per heavy atom. The van der Waals surface area contributed by atoms with Crippen molar-refractivity contribution < 1.29 is 0 Å². The van der Waals surface area contributed by atoms with Crippen LogP contribution in [0, 0.1) is 6.92 Å². The average molecular weight is 192 g/mol. The van der Waals surface area contributed by atoms with E-state index in [1.165, 1.54) is 29.8 Å². The molecule has 0 amide bonds. The molecule has 1 heterocycles. The van der Waals surface area contributed by atoms with Gasteiger partial charge in [-0.05, 0) is 31.2 Å². The van der Waals surface area contributed by atoms with Crippen LogP contribution in [0.1, 0.15) is 56.5 Å². The number of aromatic nitrogens is 2. The molecule has 0 bridgehead atoms. The summed E-state index contributed by atoms with van der Waals surface area (Å²) in [7, 11) is 0. The van der Waals surface area contributed by atoms with Gasteiger partial charge in [-0.15, -0.1) is 0 Å². The van der Waals surface area contributed by atoms with Gasteiger partial charge in [0.2, 0.25) is 0 Å². The Morgan fingerprint density at radius 2 is 2.00 bits per heavy atom. The Hall–Kier alpha value is -0.920. The molecule has 1 aromatic heterocycles. The third-order valence-corrected chi connectivity index (χ3v) is 2.47. The molecule has 0 N–H and O–H groups in total. The van der Waals surface area contributed by atoms with Crippen LogP contribution < -0.4 is 0 Å². The highest BCUT2D eigenvalue weighted by atomic mass is 14.8. The summed E-state index contributed by atoms with van der Waals surface area (Å²) in [6, 6.07) is 0. The number of hydrogen-bond acceptors (Lipinski definition) is 2.